The first-order valence-electron chi connectivity index (χ1n) is 2.86. The zero-order chi connectivity index (χ0) is 9.02. The van der Waals surface area contributed by atoms with E-state index in [1.54, 1.807) is 0 Å². The van der Waals surface area contributed by atoms with Gasteiger partial charge in [-0.25, -0.2) is 0 Å². The standard InChI is InChI=1S/C5H10O6.Li/c6-1-2(7)3(8)4(9)5(10)11;/h2-4,6-9H,1H2,(H,10,11);/q;+1/p-1/t2-,3+,4-;/m1./s1. The van der Waals surface area contributed by atoms with Crippen molar-refractivity contribution in [3.8, 4) is 0 Å². The molecule has 0 radical (unpaired) electrons. The van der Waals surface area contributed by atoms with Gasteiger partial charge in [0.2, 0.25) is 0 Å². The fourth-order valence-electron chi connectivity index (χ4n) is 0.458. The first kappa shape index (κ1) is 14.4. The van der Waals surface area contributed by atoms with E-state index in [9.17, 15) is 9.90 Å². The van der Waals surface area contributed by atoms with Crippen LogP contribution in [-0.2, 0) is 4.79 Å². The van der Waals surface area contributed by atoms with Gasteiger partial charge < -0.3 is 30.3 Å². The number of rotatable bonds is 4. The molecule has 0 amide bonds. The quantitative estimate of drug-likeness (QED) is 0.312. The molecule has 0 unspecified atom stereocenters. The zero-order valence-corrected chi connectivity index (χ0v) is 6.54. The number of carboxylic acids is 1. The van der Waals surface area contributed by atoms with Crippen molar-refractivity contribution in [3.63, 3.8) is 0 Å². The number of hydrogen-bond acceptors (Lipinski definition) is 6. The largest absolute Gasteiger partial charge is 1.00 e. The van der Waals surface area contributed by atoms with Gasteiger partial charge in [-0.15, -0.1) is 0 Å². The summed E-state index contributed by atoms with van der Waals surface area (Å²) in [5, 5.41) is 43.8. The number of hydrogen-bond donors (Lipinski definition) is 4. The summed E-state index contributed by atoms with van der Waals surface area (Å²) < 4.78 is 0. The Bertz CT molecular complexity index is 140. The predicted octanol–water partition coefficient (Wildman–Crippen LogP) is -7.18. The van der Waals surface area contributed by atoms with Gasteiger partial charge in [0.05, 0.1) is 12.6 Å². The fourth-order valence-corrected chi connectivity index (χ4v) is 0.458. The van der Waals surface area contributed by atoms with E-state index in [0.717, 1.165) is 0 Å². The van der Waals surface area contributed by atoms with Crippen LogP contribution in [0.5, 0.6) is 0 Å². The van der Waals surface area contributed by atoms with Gasteiger partial charge >= 0.3 is 18.9 Å². The molecule has 0 aliphatic heterocycles. The summed E-state index contributed by atoms with van der Waals surface area (Å²) in [7, 11) is 0. The van der Waals surface area contributed by atoms with E-state index in [0.29, 0.717) is 0 Å². The minimum absolute atomic E-state index is 0. The van der Waals surface area contributed by atoms with Crippen molar-refractivity contribution in [3.05, 3.63) is 0 Å². The number of carboxylic acid groups (broad SMARTS) is 1. The molecule has 3 atom stereocenters. The molecule has 0 saturated carbocycles. The van der Waals surface area contributed by atoms with Crippen LogP contribution in [-0.4, -0.2) is 51.3 Å². The van der Waals surface area contributed by atoms with Crippen LogP contribution in [0.1, 0.15) is 0 Å². The Morgan fingerprint density at radius 2 is 1.75 bits per heavy atom. The van der Waals surface area contributed by atoms with Crippen LogP contribution in [0, 0.1) is 0 Å². The molecular weight excluding hydrogens is 163 g/mol. The van der Waals surface area contributed by atoms with Gasteiger partial charge in [0.25, 0.3) is 0 Å². The Hall–Kier alpha value is -0.0926. The van der Waals surface area contributed by atoms with Crippen LogP contribution in [0.25, 0.3) is 0 Å². The van der Waals surface area contributed by atoms with Crippen LogP contribution in [0.15, 0.2) is 0 Å². The van der Waals surface area contributed by atoms with E-state index in [-0.39, 0.29) is 18.9 Å². The number of aliphatic hydroxyl groups excluding tert-OH is 4. The monoisotopic (exact) mass is 172 g/mol. The van der Waals surface area contributed by atoms with E-state index in [1.165, 1.54) is 0 Å². The number of carbonyl (C=O) groups excluding carboxylic acids is 1. The minimum Gasteiger partial charge on any atom is -0.547 e. The van der Waals surface area contributed by atoms with Gasteiger partial charge in [0, 0.05) is 0 Å². The van der Waals surface area contributed by atoms with Gasteiger partial charge in [-0.1, -0.05) is 0 Å². The summed E-state index contributed by atoms with van der Waals surface area (Å²) in [6, 6.07) is 0. The van der Waals surface area contributed by atoms with Gasteiger partial charge in [-0.05, 0) is 0 Å². The summed E-state index contributed by atoms with van der Waals surface area (Å²) >= 11 is 0. The Labute approximate surface area is 80.6 Å². The molecule has 0 fully saturated rings. The molecular formula is C5H9LiO6. The second-order valence-electron chi connectivity index (χ2n) is 2.00. The van der Waals surface area contributed by atoms with Crippen molar-refractivity contribution in [1.29, 1.82) is 0 Å². The molecule has 0 spiro atoms. The molecule has 12 heavy (non-hydrogen) atoms. The topological polar surface area (TPSA) is 121 Å². The predicted molar refractivity (Wildman–Crippen MR) is 30.1 cm³/mol. The van der Waals surface area contributed by atoms with Crippen LogP contribution in [0.3, 0.4) is 0 Å². The molecule has 0 rings (SSSR count). The van der Waals surface area contributed by atoms with E-state index in [1.807, 2.05) is 0 Å². The summed E-state index contributed by atoms with van der Waals surface area (Å²) in [5.74, 6) is -1.90. The van der Waals surface area contributed by atoms with Crippen LogP contribution in [0.2, 0.25) is 0 Å². The third-order valence-electron chi connectivity index (χ3n) is 1.15. The van der Waals surface area contributed by atoms with Gasteiger partial charge in [-0.2, -0.15) is 0 Å². The molecule has 0 aromatic rings. The van der Waals surface area contributed by atoms with Crippen molar-refractivity contribution in [2.75, 3.05) is 6.61 Å². The Morgan fingerprint density at radius 3 is 2.00 bits per heavy atom. The van der Waals surface area contributed by atoms with Crippen molar-refractivity contribution >= 4 is 5.97 Å². The molecule has 0 bridgehead atoms. The molecule has 4 N–H and O–H groups in total. The summed E-state index contributed by atoms with van der Waals surface area (Å²) in [6.07, 6.45) is -5.79. The average molecular weight is 172 g/mol. The average Bonchev–Trinajstić information content (AvgIpc) is 2.00. The van der Waals surface area contributed by atoms with Crippen molar-refractivity contribution in [1.82, 2.24) is 0 Å². The Morgan fingerprint density at radius 1 is 1.33 bits per heavy atom. The van der Waals surface area contributed by atoms with E-state index < -0.39 is 30.9 Å². The van der Waals surface area contributed by atoms with Gasteiger partial charge in [-0.3, -0.25) is 0 Å². The molecule has 0 saturated heterocycles. The maximum atomic E-state index is 9.85. The molecule has 7 heteroatoms. The zero-order valence-electron chi connectivity index (χ0n) is 6.54. The first-order chi connectivity index (χ1) is 5.00. The second kappa shape index (κ2) is 6.43. The van der Waals surface area contributed by atoms with Crippen LogP contribution in [0.4, 0.5) is 0 Å². The normalized spacial score (nSPS) is 17.3. The minimum atomic E-state index is -2.18. The Kier molecular flexibility index (Phi) is 7.73. The smallest absolute Gasteiger partial charge is 0.547 e. The van der Waals surface area contributed by atoms with Crippen molar-refractivity contribution < 1.29 is 49.2 Å². The summed E-state index contributed by atoms with van der Waals surface area (Å²) in [6.45, 7) is -0.828. The number of aliphatic carboxylic acids is 1. The first-order valence-corrected chi connectivity index (χ1v) is 2.86. The van der Waals surface area contributed by atoms with E-state index in [2.05, 4.69) is 0 Å². The summed E-state index contributed by atoms with van der Waals surface area (Å²) in [4.78, 5) is 9.85. The fraction of sp³-hybridized carbons (Fsp3) is 0.800. The molecule has 0 heterocycles. The second-order valence-corrected chi connectivity index (χ2v) is 2.00. The van der Waals surface area contributed by atoms with Gasteiger partial charge in [0.1, 0.15) is 18.3 Å². The SMILES string of the molecule is O=C([O-])[C@H](O)[C@@H](O)[C@H](O)CO.[Li+]. The summed E-state index contributed by atoms with van der Waals surface area (Å²) in [5.41, 5.74) is 0. The maximum Gasteiger partial charge on any atom is 1.00 e. The maximum absolute atomic E-state index is 9.85. The van der Waals surface area contributed by atoms with Crippen LogP contribution < -0.4 is 24.0 Å². The molecule has 66 valence electrons. The molecule has 0 aromatic heterocycles. The Balaban J connectivity index is 0. The molecule has 0 aliphatic carbocycles. The molecule has 6 nitrogen and oxygen atoms in total. The third kappa shape index (κ3) is 4.06. The van der Waals surface area contributed by atoms with Crippen LogP contribution >= 0.6 is 0 Å². The molecule has 0 aliphatic rings. The molecule has 0 aromatic carbocycles. The van der Waals surface area contributed by atoms with E-state index in [4.69, 9.17) is 20.4 Å². The van der Waals surface area contributed by atoms with Crippen molar-refractivity contribution in [2.24, 2.45) is 0 Å². The number of aliphatic hydroxyl groups is 4. The van der Waals surface area contributed by atoms with Crippen molar-refractivity contribution in [2.45, 2.75) is 18.3 Å². The van der Waals surface area contributed by atoms with E-state index >= 15 is 0 Å². The number of carbonyl (C=O) groups is 1. The van der Waals surface area contributed by atoms with Gasteiger partial charge in [0.15, 0.2) is 0 Å². The third-order valence-corrected chi connectivity index (χ3v) is 1.15.